The number of aryl methyl sites for hydroxylation is 1. The zero-order chi connectivity index (χ0) is 19.0. The van der Waals surface area contributed by atoms with E-state index in [1.54, 1.807) is 4.57 Å². The molecule has 3 heterocycles. The van der Waals surface area contributed by atoms with Gasteiger partial charge in [0.25, 0.3) is 0 Å². The normalized spacial score (nSPS) is 17.4. The fourth-order valence-electron chi connectivity index (χ4n) is 3.45. The summed E-state index contributed by atoms with van der Waals surface area (Å²) in [6.07, 6.45) is 2.16. The number of aromatic carboxylic acids is 1. The predicted molar refractivity (Wildman–Crippen MR) is 97.5 cm³/mol. The van der Waals surface area contributed by atoms with Crippen molar-refractivity contribution in [3.63, 3.8) is 0 Å². The zero-order valence-electron chi connectivity index (χ0n) is 15.1. The van der Waals surface area contributed by atoms with Crippen molar-refractivity contribution >= 4 is 22.8 Å². The number of anilines is 1. The van der Waals surface area contributed by atoms with E-state index in [9.17, 15) is 19.1 Å². The van der Waals surface area contributed by atoms with Crippen molar-refractivity contribution in [3.8, 4) is 0 Å². The van der Waals surface area contributed by atoms with Gasteiger partial charge in [0.05, 0.1) is 5.39 Å². The SMILES string of the molecule is CCn1cc(C(=O)O)c(=O)c2cc(F)c(N3CCC(NC(C)C)C3)nc21. The predicted octanol–water partition coefficient (Wildman–Crippen LogP) is 1.83. The molecule has 7 nitrogen and oxygen atoms in total. The molecule has 3 rings (SSSR count). The molecule has 0 radical (unpaired) electrons. The number of hydrogen-bond donors (Lipinski definition) is 2. The minimum Gasteiger partial charge on any atom is -0.477 e. The summed E-state index contributed by atoms with van der Waals surface area (Å²) >= 11 is 0. The van der Waals surface area contributed by atoms with Crippen molar-refractivity contribution in [3.05, 3.63) is 33.9 Å². The molecule has 1 aliphatic heterocycles. The van der Waals surface area contributed by atoms with Gasteiger partial charge in [0.2, 0.25) is 5.43 Å². The average Bonchev–Trinajstić information content (AvgIpc) is 3.02. The van der Waals surface area contributed by atoms with E-state index in [4.69, 9.17) is 0 Å². The molecule has 0 aromatic carbocycles. The van der Waals surface area contributed by atoms with Crippen LogP contribution in [0.4, 0.5) is 10.2 Å². The lowest BCUT2D eigenvalue weighted by molar-refractivity contribution is 0.0695. The number of hydrogen-bond acceptors (Lipinski definition) is 5. The molecule has 2 aromatic heterocycles. The lowest BCUT2D eigenvalue weighted by atomic mass is 10.2. The van der Waals surface area contributed by atoms with Gasteiger partial charge in [-0.15, -0.1) is 0 Å². The van der Waals surface area contributed by atoms with Crippen molar-refractivity contribution < 1.29 is 14.3 Å². The topological polar surface area (TPSA) is 87.5 Å². The molecule has 0 aliphatic carbocycles. The molecule has 0 amide bonds. The number of carboxylic acid groups (broad SMARTS) is 1. The van der Waals surface area contributed by atoms with Crippen LogP contribution < -0.4 is 15.6 Å². The van der Waals surface area contributed by atoms with Gasteiger partial charge in [0.15, 0.2) is 11.6 Å². The molecule has 1 aliphatic rings. The van der Waals surface area contributed by atoms with Gasteiger partial charge < -0.3 is 19.9 Å². The second kappa shape index (κ2) is 7.03. The summed E-state index contributed by atoms with van der Waals surface area (Å²) in [7, 11) is 0. The van der Waals surface area contributed by atoms with E-state index in [-0.39, 0.29) is 22.8 Å². The summed E-state index contributed by atoms with van der Waals surface area (Å²) in [6.45, 7) is 7.68. The van der Waals surface area contributed by atoms with Crippen molar-refractivity contribution in [2.45, 2.75) is 45.8 Å². The van der Waals surface area contributed by atoms with Gasteiger partial charge in [-0.05, 0) is 19.4 Å². The Kier molecular flexibility index (Phi) is 4.95. The maximum atomic E-state index is 14.7. The molecule has 8 heteroatoms. The van der Waals surface area contributed by atoms with Crippen LogP contribution in [0.15, 0.2) is 17.1 Å². The van der Waals surface area contributed by atoms with E-state index >= 15 is 0 Å². The maximum absolute atomic E-state index is 14.7. The highest BCUT2D eigenvalue weighted by Crippen LogP contribution is 2.25. The molecule has 1 atom stereocenters. The van der Waals surface area contributed by atoms with E-state index in [0.29, 0.717) is 31.3 Å². The molecule has 0 bridgehead atoms. The Labute approximate surface area is 150 Å². The Hall–Kier alpha value is -2.48. The van der Waals surface area contributed by atoms with Crippen LogP contribution in [0, 0.1) is 5.82 Å². The molecular weight excluding hydrogens is 339 g/mol. The number of fused-ring (bicyclic) bond motifs is 1. The highest BCUT2D eigenvalue weighted by molar-refractivity contribution is 5.92. The van der Waals surface area contributed by atoms with E-state index in [0.717, 1.165) is 12.5 Å². The van der Waals surface area contributed by atoms with Crippen LogP contribution in [0.25, 0.3) is 11.0 Å². The number of aromatic nitrogens is 2. The van der Waals surface area contributed by atoms with Crippen LogP contribution in [-0.2, 0) is 6.54 Å². The first-order valence-electron chi connectivity index (χ1n) is 8.79. The summed E-state index contributed by atoms with van der Waals surface area (Å²) < 4.78 is 16.3. The number of nitrogens with one attached hydrogen (secondary N) is 1. The molecule has 2 N–H and O–H groups in total. The molecule has 1 saturated heterocycles. The second-order valence-corrected chi connectivity index (χ2v) is 6.88. The van der Waals surface area contributed by atoms with Crippen molar-refractivity contribution in [1.82, 2.24) is 14.9 Å². The lowest BCUT2D eigenvalue weighted by Gasteiger charge is -2.21. The van der Waals surface area contributed by atoms with Gasteiger partial charge in [-0.25, -0.2) is 14.2 Å². The highest BCUT2D eigenvalue weighted by atomic mass is 19.1. The standard InChI is InChI=1S/C18H23FN4O3/c1-4-22-9-13(18(25)26)15(24)12-7-14(19)17(21-16(12)22)23-6-5-11(8-23)20-10(2)3/h7,9-11,20H,4-6,8H2,1-3H3,(H,25,26). The lowest BCUT2D eigenvalue weighted by Crippen LogP contribution is -2.37. The quantitative estimate of drug-likeness (QED) is 0.844. The largest absolute Gasteiger partial charge is 0.477 e. The average molecular weight is 362 g/mol. The van der Waals surface area contributed by atoms with Crippen LogP contribution in [-0.4, -0.2) is 45.8 Å². The van der Waals surface area contributed by atoms with E-state index in [2.05, 4.69) is 24.1 Å². The third-order valence-electron chi connectivity index (χ3n) is 4.61. The summed E-state index contributed by atoms with van der Waals surface area (Å²) in [5, 5.41) is 12.6. The van der Waals surface area contributed by atoms with Crippen LogP contribution >= 0.6 is 0 Å². The number of nitrogens with zero attached hydrogens (tertiary/aromatic N) is 3. The molecule has 1 unspecified atom stereocenters. The molecule has 0 spiro atoms. The molecule has 1 fully saturated rings. The Morgan fingerprint density at radius 1 is 1.50 bits per heavy atom. The number of carbonyl (C=O) groups is 1. The van der Waals surface area contributed by atoms with Crippen molar-refractivity contribution in [2.24, 2.45) is 0 Å². The van der Waals surface area contributed by atoms with Gasteiger partial charge in [-0.2, -0.15) is 0 Å². The third-order valence-corrected chi connectivity index (χ3v) is 4.61. The van der Waals surface area contributed by atoms with Crippen LogP contribution in [0.3, 0.4) is 0 Å². The first-order valence-corrected chi connectivity index (χ1v) is 8.79. The number of pyridine rings is 2. The summed E-state index contributed by atoms with van der Waals surface area (Å²) in [4.78, 5) is 29.9. The smallest absolute Gasteiger partial charge is 0.341 e. The number of rotatable bonds is 5. The Bertz CT molecular complexity index is 909. The summed E-state index contributed by atoms with van der Waals surface area (Å²) in [5.41, 5.74) is -0.786. The molecule has 140 valence electrons. The van der Waals surface area contributed by atoms with Gasteiger partial charge in [-0.1, -0.05) is 13.8 Å². The molecule has 26 heavy (non-hydrogen) atoms. The zero-order valence-corrected chi connectivity index (χ0v) is 15.1. The Morgan fingerprint density at radius 2 is 2.23 bits per heavy atom. The van der Waals surface area contributed by atoms with Gasteiger partial charge in [-0.3, -0.25) is 4.79 Å². The van der Waals surface area contributed by atoms with Gasteiger partial charge in [0, 0.05) is 37.9 Å². The van der Waals surface area contributed by atoms with E-state index in [1.165, 1.54) is 6.20 Å². The minimum atomic E-state index is -1.33. The summed E-state index contributed by atoms with van der Waals surface area (Å²) in [5.74, 6) is -1.73. The number of halogens is 1. The minimum absolute atomic E-state index is 0.0101. The molecule has 0 saturated carbocycles. The fraction of sp³-hybridized carbons (Fsp3) is 0.500. The van der Waals surface area contributed by atoms with Crippen LogP contribution in [0.5, 0.6) is 0 Å². The number of carboxylic acids is 1. The van der Waals surface area contributed by atoms with Crippen LogP contribution in [0.2, 0.25) is 0 Å². The molecular formula is C18H23FN4O3. The van der Waals surface area contributed by atoms with Crippen LogP contribution in [0.1, 0.15) is 37.6 Å². The van der Waals surface area contributed by atoms with Gasteiger partial charge >= 0.3 is 5.97 Å². The Balaban J connectivity index is 2.07. The molecule has 2 aromatic rings. The second-order valence-electron chi connectivity index (χ2n) is 6.88. The highest BCUT2D eigenvalue weighted by Gasteiger charge is 2.27. The van der Waals surface area contributed by atoms with Gasteiger partial charge in [0.1, 0.15) is 11.2 Å². The first kappa shape index (κ1) is 18.3. The monoisotopic (exact) mass is 362 g/mol. The van der Waals surface area contributed by atoms with Crippen molar-refractivity contribution in [1.29, 1.82) is 0 Å². The fourth-order valence-corrected chi connectivity index (χ4v) is 3.45. The maximum Gasteiger partial charge on any atom is 0.341 e. The van der Waals surface area contributed by atoms with Crippen molar-refractivity contribution in [2.75, 3.05) is 18.0 Å². The Morgan fingerprint density at radius 3 is 2.85 bits per heavy atom. The van der Waals surface area contributed by atoms with E-state index in [1.807, 2.05) is 11.8 Å². The first-order chi connectivity index (χ1) is 12.3. The van der Waals surface area contributed by atoms with E-state index < -0.39 is 17.2 Å². The third kappa shape index (κ3) is 3.29. The summed E-state index contributed by atoms with van der Waals surface area (Å²) in [6, 6.07) is 1.71.